The van der Waals surface area contributed by atoms with Crippen LogP contribution in [0.3, 0.4) is 0 Å². The Hall–Kier alpha value is -0.160. The van der Waals surface area contributed by atoms with Crippen LogP contribution in [0.2, 0.25) is 0 Å². The van der Waals surface area contributed by atoms with Crippen LogP contribution in [-0.4, -0.2) is 46.3 Å². The van der Waals surface area contributed by atoms with Crippen LogP contribution in [0, 0.1) is 5.92 Å². The third-order valence-corrected chi connectivity index (χ3v) is 2.21. The first-order chi connectivity index (χ1) is 5.54. The lowest BCUT2D eigenvalue weighted by Gasteiger charge is -2.23. The van der Waals surface area contributed by atoms with E-state index in [1.54, 1.807) is 0 Å². The predicted molar refractivity (Wildman–Crippen MR) is 42.6 cm³/mol. The number of aliphatic hydroxyl groups excluding tert-OH is 3. The Morgan fingerprint density at radius 2 is 1.92 bits per heavy atom. The molecule has 1 aliphatic heterocycles. The highest BCUT2D eigenvalue weighted by Gasteiger charge is 2.39. The molecule has 3 N–H and O–H groups in total. The molecule has 4 nitrogen and oxygen atoms in total. The normalized spacial score (nSPS) is 39.0. The van der Waals surface area contributed by atoms with Gasteiger partial charge in [-0.1, -0.05) is 13.8 Å². The van der Waals surface area contributed by atoms with Crippen molar-refractivity contribution in [1.82, 2.24) is 0 Å². The van der Waals surface area contributed by atoms with Crippen LogP contribution in [0.1, 0.15) is 13.8 Å². The van der Waals surface area contributed by atoms with Crippen molar-refractivity contribution in [1.29, 1.82) is 0 Å². The van der Waals surface area contributed by atoms with Crippen molar-refractivity contribution in [3.8, 4) is 0 Å². The van der Waals surface area contributed by atoms with Crippen LogP contribution in [0.15, 0.2) is 0 Å². The van der Waals surface area contributed by atoms with Crippen molar-refractivity contribution in [2.75, 3.05) is 6.61 Å². The Balaban J connectivity index is 2.53. The van der Waals surface area contributed by atoms with E-state index >= 15 is 0 Å². The van der Waals surface area contributed by atoms with E-state index in [9.17, 15) is 10.2 Å². The highest BCUT2D eigenvalue weighted by Crippen LogP contribution is 2.21. The Labute approximate surface area is 71.8 Å². The molecule has 0 bridgehead atoms. The first-order valence-electron chi connectivity index (χ1n) is 4.20. The van der Waals surface area contributed by atoms with Crippen LogP contribution in [0.25, 0.3) is 0 Å². The van der Waals surface area contributed by atoms with E-state index in [4.69, 9.17) is 9.84 Å². The fraction of sp³-hybridized carbons (Fsp3) is 1.00. The van der Waals surface area contributed by atoms with Crippen LogP contribution in [0.4, 0.5) is 0 Å². The molecule has 12 heavy (non-hydrogen) atoms. The molecular weight excluding hydrogens is 160 g/mol. The Bertz CT molecular complexity index is 148. The minimum Gasteiger partial charge on any atom is -0.390 e. The molecule has 0 radical (unpaired) electrons. The summed E-state index contributed by atoms with van der Waals surface area (Å²) >= 11 is 0. The van der Waals surface area contributed by atoms with Gasteiger partial charge in [0, 0.05) is 0 Å². The van der Waals surface area contributed by atoms with Gasteiger partial charge in [0.15, 0.2) is 0 Å². The minimum atomic E-state index is -0.956. The summed E-state index contributed by atoms with van der Waals surface area (Å²) in [7, 11) is 0. The number of aliphatic hydroxyl groups is 3. The zero-order valence-corrected chi connectivity index (χ0v) is 7.34. The first kappa shape index (κ1) is 9.92. The van der Waals surface area contributed by atoms with E-state index in [0.29, 0.717) is 0 Å². The zero-order valence-electron chi connectivity index (χ0n) is 7.34. The maximum atomic E-state index is 9.52. The summed E-state index contributed by atoms with van der Waals surface area (Å²) in [5.74, 6) is 0.0231. The minimum absolute atomic E-state index is 0.0231. The van der Waals surface area contributed by atoms with E-state index in [0.717, 1.165) is 0 Å². The van der Waals surface area contributed by atoms with Crippen molar-refractivity contribution >= 4 is 0 Å². The van der Waals surface area contributed by atoms with Gasteiger partial charge < -0.3 is 20.1 Å². The van der Waals surface area contributed by atoms with Gasteiger partial charge in [-0.3, -0.25) is 0 Å². The zero-order chi connectivity index (χ0) is 9.30. The van der Waals surface area contributed by atoms with E-state index < -0.39 is 24.4 Å². The Kier molecular flexibility index (Phi) is 3.06. The van der Waals surface area contributed by atoms with Gasteiger partial charge in [0.05, 0.1) is 12.7 Å². The van der Waals surface area contributed by atoms with Crippen LogP contribution in [-0.2, 0) is 4.74 Å². The fourth-order valence-corrected chi connectivity index (χ4v) is 1.31. The maximum absolute atomic E-state index is 9.52. The smallest absolute Gasteiger partial charge is 0.112 e. The predicted octanol–water partition coefficient (Wildman–Crippen LogP) is -0.876. The molecule has 1 rings (SSSR count). The third-order valence-electron chi connectivity index (χ3n) is 2.21. The molecule has 0 amide bonds. The van der Waals surface area contributed by atoms with Gasteiger partial charge in [-0.15, -0.1) is 0 Å². The summed E-state index contributed by atoms with van der Waals surface area (Å²) in [6, 6.07) is 0. The number of hydrogen-bond donors (Lipinski definition) is 3. The second-order valence-corrected chi connectivity index (χ2v) is 3.59. The van der Waals surface area contributed by atoms with E-state index in [1.807, 2.05) is 13.8 Å². The number of rotatable bonds is 2. The highest BCUT2D eigenvalue weighted by atomic mass is 16.5. The van der Waals surface area contributed by atoms with Crippen molar-refractivity contribution in [2.45, 2.75) is 38.3 Å². The number of hydrogen-bond acceptors (Lipinski definition) is 4. The Morgan fingerprint density at radius 1 is 1.33 bits per heavy atom. The molecule has 0 aromatic rings. The van der Waals surface area contributed by atoms with Crippen molar-refractivity contribution in [3.05, 3.63) is 0 Å². The standard InChI is InChI=1S/C8H16O4/c1-4(2)6(10)8-7(11)5(9)3-12-8/h4-11H,3H2,1-2H3/t5-,6?,7+,8+/m0/s1. The molecule has 1 unspecified atom stereocenters. The van der Waals surface area contributed by atoms with E-state index in [2.05, 4.69) is 0 Å². The molecule has 1 fully saturated rings. The monoisotopic (exact) mass is 176 g/mol. The lowest BCUT2D eigenvalue weighted by Crippen LogP contribution is -2.41. The van der Waals surface area contributed by atoms with Gasteiger partial charge in [-0.2, -0.15) is 0 Å². The van der Waals surface area contributed by atoms with E-state index in [-0.39, 0.29) is 12.5 Å². The molecule has 0 aliphatic carbocycles. The molecule has 0 aromatic heterocycles. The Morgan fingerprint density at radius 3 is 2.25 bits per heavy atom. The van der Waals surface area contributed by atoms with E-state index in [1.165, 1.54) is 0 Å². The van der Waals surface area contributed by atoms with Gasteiger partial charge in [0.25, 0.3) is 0 Å². The summed E-state index contributed by atoms with van der Waals surface area (Å²) in [4.78, 5) is 0. The van der Waals surface area contributed by atoms with Crippen molar-refractivity contribution in [2.24, 2.45) is 5.92 Å². The average Bonchev–Trinajstić information content (AvgIpc) is 2.32. The summed E-state index contributed by atoms with van der Waals surface area (Å²) in [5, 5.41) is 28.0. The summed E-state index contributed by atoms with van der Waals surface area (Å²) in [5.41, 5.74) is 0. The summed E-state index contributed by atoms with van der Waals surface area (Å²) < 4.78 is 5.05. The van der Waals surface area contributed by atoms with Crippen LogP contribution >= 0.6 is 0 Å². The van der Waals surface area contributed by atoms with Gasteiger partial charge in [0.2, 0.25) is 0 Å². The topological polar surface area (TPSA) is 69.9 Å². The second kappa shape index (κ2) is 3.70. The van der Waals surface area contributed by atoms with Crippen LogP contribution < -0.4 is 0 Å². The quantitative estimate of drug-likeness (QED) is 0.511. The molecule has 0 saturated carbocycles. The van der Waals surface area contributed by atoms with Crippen molar-refractivity contribution < 1.29 is 20.1 Å². The SMILES string of the molecule is CC(C)C(O)[C@H]1OC[C@H](O)[C@H]1O. The van der Waals surface area contributed by atoms with Gasteiger partial charge in [0.1, 0.15) is 18.3 Å². The van der Waals surface area contributed by atoms with Gasteiger partial charge >= 0.3 is 0 Å². The fourth-order valence-electron chi connectivity index (χ4n) is 1.31. The second-order valence-electron chi connectivity index (χ2n) is 3.59. The van der Waals surface area contributed by atoms with Gasteiger partial charge in [-0.05, 0) is 5.92 Å². The lowest BCUT2D eigenvalue weighted by molar-refractivity contribution is -0.0673. The summed E-state index contributed by atoms with van der Waals surface area (Å²) in [6.45, 7) is 3.78. The lowest BCUT2D eigenvalue weighted by atomic mass is 9.97. The number of ether oxygens (including phenoxy) is 1. The molecule has 1 heterocycles. The molecule has 1 saturated heterocycles. The summed E-state index contributed by atoms with van der Waals surface area (Å²) in [6.07, 6.45) is -3.16. The molecule has 0 spiro atoms. The average molecular weight is 176 g/mol. The molecule has 72 valence electrons. The van der Waals surface area contributed by atoms with Crippen molar-refractivity contribution in [3.63, 3.8) is 0 Å². The maximum Gasteiger partial charge on any atom is 0.112 e. The molecule has 1 aliphatic rings. The first-order valence-corrected chi connectivity index (χ1v) is 4.20. The van der Waals surface area contributed by atoms with Gasteiger partial charge in [-0.25, -0.2) is 0 Å². The molecular formula is C8H16O4. The molecule has 4 heteroatoms. The highest BCUT2D eigenvalue weighted by molar-refractivity contribution is 4.88. The van der Waals surface area contributed by atoms with Crippen LogP contribution in [0.5, 0.6) is 0 Å². The third kappa shape index (κ3) is 1.77. The molecule has 0 aromatic carbocycles. The largest absolute Gasteiger partial charge is 0.390 e. The molecule has 4 atom stereocenters.